The van der Waals surface area contributed by atoms with Crippen LogP contribution in [0.2, 0.25) is 0 Å². The summed E-state index contributed by atoms with van der Waals surface area (Å²) in [5.41, 5.74) is 0. The third-order valence-electron chi connectivity index (χ3n) is 4.48. The molecular weight excluding hydrogens is 334 g/mol. The highest BCUT2D eigenvalue weighted by atomic mass is 16.5. The number of likely N-dealkylation sites (N-methyl/N-ethyl adjacent to an activating group) is 1. The minimum absolute atomic E-state index is 0.0263. The number of nitrogens with zero attached hydrogens (tertiary/aromatic N) is 3. The molecule has 1 aliphatic rings. The Morgan fingerprint density at radius 2 is 1.73 bits per heavy atom. The maximum Gasteiger partial charge on any atom is 0.263 e. The molecule has 0 saturated carbocycles. The van der Waals surface area contributed by atoms with Crippen molar-refractivity contribution >= 4 is 11.8 Å². The molecule has 1 atom stereocenters. The first kappa shape index (κ1) is 20.0. The van der Waals surface area contributed by atoms with Crippen LogP contribution in [0, 0.1) is 0 Å². The first-order valence-corrected chi connectivity index (χ1v) is 8.92. The van der Waals surface area contributed by atoms with Crippen LogP contribution in [0.1, 0.15) is 13.3 Å². The van der Waals surface area contributed by atoms with E-state index in [0.29, 0.717) is 31.9 Å². The van der Waals surface area contributed by atoms with Gasteiger partial charge in [0.25, 0.3) is 5.91 Å². The summed E-state index contributed by atoms with van der Waals surface area (Å²) in [6.07, 6.45) is 0.292. The van der Waals surface area contributed by atoms with Gasteiger partial charge in [0.05, 0.1) is 13.7 Å². The monoisotopic (exact) mass is 363 g/mol. The zero-order valence-electron chi connectivity index (χ0n) is 16.1. The fourth-order valence-electron chi connectivity index (χ4n) is 2.85. The van der Waals surface area contributed by atoms with Crippen LogP contribution in [0.15, 0.2) is 24.3 Å². The molecule has 0 spiro atoms. The summed E-state index contributed by atoms with van der Waals surface area (Å²) in [4.78, 5) is 30.1. The van der Waals surface area contributed by atoms with Gasteiger partial charge in [0.1, 0.15) is 11.5 Å². The number of methoxy groups -OCH3 is 1. The van der Waals surface area contributed by atoms with E-state index in [9.17, 15) is 9.59 Å². The van der Waals surface area contributed by atoms with Gasteiger partial charge < -0.3 is 19.3 Å². The van der Waals surface area contributed by atoms with Crippen molar-refractivity contribution in [3.8, 4) is 11.5 Å². The number of ether oxygens (including phenoxy) is 2. The van der Waals surface area contributed by atoms with E-state index in [1.165, 1.54) is 0 Å². The van der Waals surface area contributed by atoms with E-state index >= 15 is 0 Å². The lowest BCUT2D eigenvalue weighted by molar-refractivity contribution is -0.137. The summed E-state index contributed by atoms with van der Waals surface area (Å²) in [7, 11) is 5.12. The molecule has 1 aliphatic heterocycles. The van der Waals surface area contributed by atoms with Crippen molar-refractivity contribution in [2.24, 2.45) is 0 Å². The van der Waals surface area contributed by atoms with Crippen molar-refractivity contribution in [3.63, 3.8) is 0 Å². The number of benzene rings is 1. The van der Waals surface area contributed by atoms with Gasteiger partial charge in [-0.1, -0.05) is 0 Å². The maximum absolute atomic E-state index is 12.7. The van der Waals surface area contributed by atoms with Crippen LogP contribution in [-0.4, -0.2) is 86.5 Å². The van der Waals surface area contributed by atoms with E-state index in [-0.39, 0.29) is 11.8 Å². The number of hydrogen-bond donors (Lipinski definition) is 0. The Kier molecular flexibility index (Phi) is 7.26. The SMILES string of the molecule is COc1ccc(OC(C)C(=O)N2CCCN(CC(=O)N(C)C)CC2)cc1. The van der Waals surface area contributed by atoms with Gasteiger partial charge in [0.2, 0.25) is 5.91 Å². The van der Waals surface area contributed by atoms with Crippen LogP contribution in [0.3, 0.4) is 0 Å². The molecule has 1 heterocycles. The molecule has 0 aromatic heterocycles. The lowest BCUT2D eigenvalue weighted by Gasteiger charge is -2.25. The van der Waals surface area contributed by atoms with Crippen molar-refractivity contribution in [1.29, 1.82) is 0 Å². The third-order valence-corrected chi connectivity index (χ3v) is 4.48. The van der Waals surface area contributed by atoms with Gasteiger partial charge in [-0.15, -0.1) is 0 Å². The lowest BCUT2D eigenvalue weighted by atomic mass is 10.3. The Hall–Kier alpha value is -2.28. The molecule has 144 valence electrons. The fraction of sp³-hybridized carbons (Fsp3) is 0.579. The van der Waals surface area contributed by atoms with Gasteiger partial charge in [-0.25, -0.2) is 0 Å². The molecule has 0 radical (unpaired) electrons. The van der Waals surface area contributed by atoms with E-state index in [1.54, 1.807) is 57.3 Å². The zero-order valence-corrected chi connectivity index (χ0v) is 16.1. The molecule has 0 bridgehead atoms. The van der Waals surface area contributed by atoms with Crippen LogP contribution < -0.4 is 9.47 Å². The third kappa shape index (κ3) is 5.62. The van der Waals surface area contributed by atoms with E-state index in [4.69, 9.17) is 9.47 Å². The lowest BCUT2D eigenvalue weighted by Crippen LogP contribution is -2.43. The summed E-state index contributed by atoms with van der Waals surface area (Å²) >= 11 is 0. The quantitative estimate of drug-likeness (QED) is 0.757. The van der Waals surface area contributed by atoms with E-state index in [1.807, 2.05) is 4.90 Å². The van der Waals surface area contributed by atoms with Crippen molar-refractivity contribution < 1.29 is 19.1 Å². The molecule has 7 heteroatoms. The van der Waals surface area contributed by atoms with Gasteiger partial charge in [-0.05, 0) is 37.6 Å². The van der Waals surface area contributed by atoms with Gasteiger partial charge in [-0.2, -0.15) is 0 Å². The molecule has 26 heavy (non-hydrogen) atoms. The minimum atomic E-state index is -0.557. The molecule has 1 aromatic rings. The highest BCUT2D eigenvalue weighted by Gasteiger charge is 2.25. The number of carbonyl (C=O) groups excluding carboxylic acids is 2. The molecule has 2 rings (SSSR count). The largest absolute Gasteiger partial charge is 0.497 e. The second-order valence-electron chi connectivity index (χ2n) is 6.68. The number of hydrogen-bond acceptors (Lipinski definition) is 5. The predicted octanol–water partition coefficient (Wildman–Crippen LogP) is 1.09. The summed E-state index contributed by atoms with van der Waals surface area (Å²) in [5.74, 6) is 1.44. The first-order valence-electron chi connectivity index (χ1n) is 8.92. The Morgan fingerprint density at radius 1 is 1.08 bits per heavy atom. The van der Waals surface area contributed by atoms with Crippen molar-refractivity contribution in [2.45, 2.75) is 19.4 Å². The molecule has 0 aliphatic carbocycles. The number of carbonyl (C=O) groups is 2. The molecule has 1 unspecified atom stereocenters. The Labute approximate surface area is 155 Å². The van der Waals surface area contributed by atoms with E-state index in [0.717, 1.165) is 18.7 Å². The average molecular weight is 363 g/mol. The normalized spacial score (nSPS) is 16.5. The fourth-order valence-corrected chi connectivity index (χ4v) is 2.85. The van der Waals surface area contributed by atoms with E-state index in [2.05, 4.69) is 4.90 Å². The number of amides is 2. The summed E-state index contributed by atoms with van der Waals surface area (Å²) in [6, 6.07) is 7.19. The molecular formula is C19H29N3O4. The summed E-state index contributed by atoms with van der Waals surface area (Å²) < 4.78 is 10.9. The van der Waals surface area contributed by atoms with Crippen molar-refractivity contribution in [1.82, 2.24) is 14.7 Å². The van der Waals surface area contributed by atoms with Crippen LogP contribution in [0.5, 0.6) is 11.5 Å². The maximum atomic E-state index is 12.7. The standard InChI is InChI=1S/C19H29N3O4/c1-15(26-17-8-6-16(25-4)7-9-17)19(24)22-11-5-10-21(12-13-22)14-18(23)20(2)3/h6-9,15H,5,10-14H2,1-4H3. The highest BCUT2D eigenvalue weighted by molar-refractivity contribution is 5.81. The second kappa shape index (κ2) is 9.43. The van der Waals surface area contributed by atoms with Gasteiger partial charge in [-0.3, -0.25) is 14.5 Å². The van der Waals surface area contributed by atoms with Gasteiger partial charge in [0.15, 0.2) is 6.10 Å². The average Bonchev–Trinajstić information content (AvgIpc) is 2.87. The molecule has 1 saturated heterocycles. The highest BCUT2D eigenvalue weighted by Crippen LogP contribution is 2.19. The minimum Gasteiger partial charge on any atom is -0.497 e. The smallest absolute Gasteiger partial charge is 0.263 e. The van der Waals surface area contributed by atoms with Crippen LogP contribution in [0.4, 0.5) is 0 Å². The first-order chi connectivity index (χ1) is 12.4. The number of rotatable bonds is 6. The molecule has 1 fully saturated rings. The zero-order chi connectivity index (χ0) is 19.1. The van der Waals surface area contributed by atoms with Gasteiger partial charge in [0, 0.05) is 40.3 Å². The van der Waals surface area contributed by atoms with E-state index < -0.39 is 6.10 Å². The second-order valence-corrected chi connectivity index (χ2v) is 6.68. The Bertz CT molecular complexity index is 603. The van der Waals surface area contributed by atoms with Crippen molar-refractivity contribution in [3.05, 3.63) is 24.3 Å². The Balaban J connectivity index is 1.87. The summed E-state index contributed by atoms with van der Waals surface area (Å²) in [5, 5.41) is 0. The van der Waals surface area contributed by atoms with Crippen LogP contribution >= 0.6 is 0 Å². The molecule has 7 nitrogen and oxygen atoms in total. The van der Waals surface area contributed by atoms with Gasteiger partial charge >= 0.3 is 0 Å². The van der Waals surface area contributed by atoms with Crippen LogP contribution in [0.25, 0.3) is 0 Å². The molecule has 0 N–H and O–H groups in total. The van der Waals surface area contributed by atoms with Crippen molar-refractivity contribution in [2.75, 3.05) is 53.9 Å². The van der Waals surface area contributed by atoms with Crippen LogP contribution in [-0.2, 0) is 9.59 Å². The predicted molar refractivity (Wildman–Crippen MR) is 99.4 cm³/mol. The Morgan fingerprint density at radius 3 is 2.35 bits per heavy atom. The summed E-state index contributed by atoms with van der Waals surface area (Å²) in [6.45, 7) is 4.97. The topological polar surface area (TPSA) is 62.3 Å². The molecule has 2 amide bonds. The molecule has 1 aromatic carbocycles.